The Morgan fingerprint density at radius 1 is 1.24 bits per heavy atom. The zero-order chi connectivity index (χ0) is 20.4. The summed E-state index contributed by atoms with van der Waals surface area (Å²) in [5.41, 5.74) is 2.09. The van der Waals surface area contributed by atoms with Crippen LogP contribution in [0.3, 0.4) is 0 Å². The molecule has 150 valence electrons. The van der Waals surface area contributed by atoms with E-state index in [4.69, 9.17) is 11.6 Å². The van der Waals surface area contributed by atoms with Crippen molar-refractivity contribution in [2.24, 2.45) is 0 Å². The van der Waals surface area contributed by atoms with Crippen LogP contribution in [0.2, 0.25) is 5.02 Å². The normalized spacial score (nSPS) is 14.4. The maximum absolute atomic E-state index is 13.3. The zero-order valence-corrected chi connectivity index (χ0v) is 17.7. The van der Waals surface area contributed by atoms with Crippen molar-refractivity contribution in [1.29, 1.82) is 0 Å². The highest BCUT2D eigenvalue weighted by Gasteiger charge is 2.19. The van der Waals surface area contributed by atoms with Crippen LogP contribution in [0.4, 0.5) is 0 Å². The molecule has 0 atom stereocenters. The molecule has 4 rings (SSSR count). The summed E-state index contributed by atoms with van der Waals surface area (Å²) in [6.45, 7) is 1.95. The number of hydrogen-bond acceptors (Lipinski definition) is 4. The first-order valence-corrected chi connectivity index (χ1v) is 11.1. The van der Waals surface area contributed by atoms with Gasteiger partial charge in [0.1, 0.15) is 0 Å². The molecule has 29 heavy (non-hydrogen) atoms. The molecular weight excluding hydrogens is 406 g/mol. The summed E-state index contributed by atoms with van der Waals surface area (Å²) in [5.74, 6) is 0.180. The van der Waals surface area contributed by atoms with Gasteiger partial charge in [0.25, 0.3) is 5.56 Å². The third-order valence-corrected chi connectivity index (χ3v) is 6.38. The van der Waals surface area contributed by atoms with E-state index in [1.54, 1.807) is 22.8 Å². The average Bonchev–Trinajstić information content (AvgIpc) is 3.20. The Morgan fingerprint density at radius 2 is 2.00 bits per heavy atom. The van der Waals surface area contributed by atoms with Crippen LogP contribution in [0, 0.1) is 6.92 Å². The summed E-state index contributed by atoms with van der Waals surface area (Å²) >= 11 is 7.38. The summed E-state index contributed by atoms with van der Waals surface area (Å²) in [6, 6.07) is 13.0. The number of rotatable bonds is 5. The maximum Gasteiger partial charge on any atom is 0.266 e. The Labute approximate surface area is 178 Å². The van der Waals surface area contributed by atoms with Gasteiger partial charge < -0.3 is 5.32 Å². The molecule has 1 aromatic heterocycles. The number of hydrogen-bond donors (Lipinski definition) is 1. The lowest BCUT2D eigenvalue weighted by atomic mass is 10.2. The molecule has 1 saturated carbocycles. The molecule has 0 spiro atoms. The van der Waals surface area contributed by atoms with Gasteiger partial charge in [-0.3, -0.25) is 14.2 Å². The highest BCUT2D eigenvalue weighted by atomic mass is 35.5. The van der Waals surface area contributed by atoms with Crippen LogP contribution in [0.15, 0.2) is 52.4 Å². The van der Waals surface area contributed by atoms with Crippen LogP contribution in [-0.2, 0) is 4.79 Å². The van der Waals surface area contributed by atoms with Crippen molar-refractivity contribution in [2.75, 3.05) is 5.75 Å². The van der Waals surface area contributed by atoms with Crippen LogP contribution < -0.4 is 10.9 Å². The second-order valence-electron chi connectivity index (χ2n) is 7.32. The zero-order valence-electron chi connectivity index (χ0n) is 16.2. The lowest BCUT2D eigenvalue weighted by Crippen LogP contribution is -2.34. The number of carbonyl (C=O) groups excluding carboxylic acids is 1. The molecule has 1 N–H and O–H groups in total. The minimum Gasteiger partial charge on any atom is -0.353 e. The quantitative estimate of drug-likeness (QED) is 0.481. The summed E-state index contributed by atoms with van der Waals surface area (Å²) in [6.07, 6.45) is 4.41. The largest absolute Gasteiger partial charge is 0.353 e. The molecule has 0 saturated heterocycles. The summed E-state index contributed by atoms with van der Waals surface area (Å²) < 4.78 is 1.60. The van der Waals surface area contributed by atoms with Crippen molar-refractivity contribution in [3.63, 3.8) is 0 Å². The lowest BCUT2D eigenvalue weighted by molar-refractivity contribution is -0.119. The van der Waals surface area contributed by atoms with Gasteiger partial charge in [0.05, 0.1) is 22.3 Å². The van der Waals surface area contributed by atoms with E-state index < -0.39 is 0 Å². The number of thioether (sulfide) groups is 1. The van der Waals surface area contributed by atoms with E-state index in [1.165, 1.54) is 11.8 Å². The molecule has 5 nitrogen and oxygen atoms in total. The second kappa shape index (κ2) is 8.59. The molecular formula is C22H22ClN3O2S. The smallest absolute Gasteiger partial charge is 0.266 e. The van der Waals surface area contributed by atoms with Gasteiger partial charge in [-0.05, 0) is 49.6 Å². The predicted octanol–water partition coefficient (Wildman–Crippen LogP) is 4.50. The average molecular weight is 428 g/mol. The fourth-order valence-electron chi connectivity index (χ4n) is 3.73. The summed E-state index contributed by atoms with van der Waals surface area (Å²) in [5, 5.41) is 4.59. The Balaban J connectivity index is 1.72. The van der Waals surface area contributed by atoms with Crippen LogP contribution in [0.1, 0.15) is 31.2 Å². The molecule has 1 heterocycles. The van der Waals surface area contributed by atoms with Crippen LogP contribution >= 0.6 is 23.4 Å². The number of nitrogens with zero attached hydrogens (tertiary/aromatic N) is 2. The number of halogens is 1. The molecule has 7 heteroatoms. The van der Waals surface area contributed by atoms with E-state index in [0.29, 0.717) is 21.1 Å². The number of para-hydroxylation sites is 1. The monoisotopic (exact) mass is 427 g/mol. The number of amides is 1. The van der Waals surface area contributed by atoms with E-state index in [9.17, 15) is 9.59 Å². The Hall–Kier alpha value is -2.31. The molecule has 1 amide bonds. The fraction of sp³-hybridized carbons (Fsp3) is 0.318. The minimum atomic E-state index is -0.167. The first-order valence-electron chi connectivity index (χ1n) is 9.73. The molecule has 0 aliphatic heterocycles. The van der Waals surface area contributed by atoms with Crippen molar-refractivity contribution in [3.05, 3.63) is 63.4 Å². The Morgan fingerprint density at radius 3 is 2.76 bits per heavy atom. The molecule has 0 radical (unpaired) electrons. The number of fused-ring (bicyclic) bond motifs is 1. The summed E-state index contributed by atoms with van der Waals surface area (Å²) in [4.78, 5) is 30.4. The Bertz CT molecular complexity index is 1120. The van der Waals surface area contributed by atoms with E-state index in [2.05, 4.69) is 10.3 Å². The standard InChI is InChI=1S/C22H22ClN3O2S/c1-14-6-2-5-9-19(14)26-21(28)17-11-10-15(23)12-18(17)25-22(26)29-13-20(27)24-16-7-3-4-8-16/h2,5-6,9-12,16H,3-4,7-8,13H2,1H3,(H,24,27). The first-order chi connectivity index (χ1) is 14.0. The SMILES string of the molecule is Cc1ccccc1-n1c(SCC(=O)NC2CCCC2)nc2cc(Cl)ccc2c1=O. The van der Waals surface area contributed by atoms with Gasteiger partial charge in [-0.2, -0.15) is 0 Å². The third kappa shape index (κ3) is 4.33. The molecule has 1 fully saturated rings. The van der Waals surface area contributed by atoms with Crippen LogP contribution in [0.25, 0.3) is 16.6 Å². The minimum absolute atomic E-state index is 0.0290. The van der Waals surface area contributed by atoms with Crippen molar-refractivity contribution >= 4 is 40.2 Å². The molecule has 0 bridgehead atoms. The highest BCUT2D eigenvalue weighted by Crippen LogP contribution is 2.25. The topological polar surface area (TPSA) is 64.0 Å². The van der Waals surface area contributed by atoms with Crippen molar-refractivity contribution in [1.82, 2.24) is 14.9 Å². The molecule has 1 aliphatic carbocycles. The van der Waals surface area contributed by atoms with E-state index in [-0.39, 0.29) is 23.3 Å². The van der Waals surface area contributed by atoms with Gasteiger partial charge in [0, 0.05) is 11.1 Å². The van der Waals surface area contributed by atoms with Gasteiger partial charge >= 0.3 is 0 Å². The lowest BCUT2D eigenvalue weighted by Gasteiger charge is -2.16. The van der Waals surface area contributed by atoms with Gasteiger partial charge in [-0.1, -0.05) is 54.4 Å². The number of carbonyl (C=O) groups is 1. The number of aromatic nitrogens is 2. The van der Waals surface area contributed by atoms with E-state index in [0.717, 1.165) is 36.9 Å². The summed E-state index contributed by atoms with van der Waals surface area (Å²) in [7, 11) is 0. The van der Waals surface area contributed by atoms with Crippen molar-refractivity contribution in [2.45, 2.75) is 43.8 Å². The molecule has 1 aliphatic rings. The Kier molecular flexibility index (Phi) is 5.92. The van der Waals surface area contributed by atoms with E-state index in [1.807, 2.05) is 31.2 Å². The van der Waals surface area contributed by atoms with Gasteiger partial charge in [0.2, 0.25) is 5.91 Å². The molecule has 3 aromatic rings. The predicted molar refractivity (Wildman–Crippen MR) is 118 cm³/mol. The number of nitrogens with one attached hydrogen (secondary N) is 1. The van der Waals surface area contributed by atoms with Gasteiger partial charge in [0.15, 0.2) is 5.16 Å². The fourth-order valence-corrected chi connectivity index (χ4v) is 4.71. The first kappa shape index (κ1) is 20.0. The maximum atomic E-state index is 13.3. The molecule has 0 unspecified atom stereocenters. The van der Waals surface area contributed by atoms with Gasteiger partial charge in [-0.15, -0.1) is 0 Å². The van der Waals surface area contributed by atoms with Crippen molar-refractivity contribution in [3.8, 4) is 5.69 Å². The second-order valence-corrected chi connectivity index (χ2v) is 8.70. The number of aryl methyl sites for hydroxylation is 1. The number of benzene rings is 2. The van der Waals surface area contributed by atoms with Crippen molar-refractivity contribution < 1.29 is 4.79 Å². The third-order valence-electron chi connectivity index (χ3n) is 5.21. The molecule has 2 aromatic carbocycles. The highest BCUT2D eigenvalue weighted by molar-refractivity contribution is 7.99. The van der Waals surface area contributed by atoms with Crippen LogP contribution in [-0.4, -0.2) is 27.3 Å². The van der Waals surface area contributed by atoms with E-state index >= 15 is 0 Å². The van der Waals surface area contributed by atoms with Crippen LogP contribution in [0.5, 0.6) is 0 Å². The van der Waals surface area contributed by atoms with Gasteiger partial charge in [-0.25, -0.2) is 4.98 Å².